The summed E-state index contributed by atoms with van der Waals surface area (Å²) in [7, 11) is 0. The fourth-order valence-electron chi connectivity index (χ4n) is 1.78. The van der Waals surface area contributed by atoms with Gasteiger partial charge in [-0.15, -0.1) is 0 Å². The summed E-state index contributed by atoms with van der Waals surface area (Å²) < 4.78 is 1.68. The Labute approximate surface area is 97.3 Å². The van der Waals surface area contributed by atoms with Crippen LogP contribution >= 0.6 is 0 Å². The zero-order chi connectivity index (χ0) is 12.0. The number of aromatic nitrogens is 3. The Hall–Kier alpha value is -2.11. The molecule has 0 aliphatic heterocycles. The molecule has 0 saturated heterocycles. The lowest BCUT2D eigenvalue weighted by atomic mass is 10.3. The fourth-order valence-corrected chi connectivity index (χ4v) is 1.78. The van der Waals surface area contributed by atoms with Gasteiger partial charge in [-0.05, 0) is 19.8 Å². The fraction of sp³-hybridized carbons (Fsp3) is 0.364. The summed E-state index contributed by atoms with van der Waals surface area (Å²) in [5.41, 5.74) is 1.30. The molecule has 6 nitrogen and oxygen atoms in total. The van der Waals surface area contributed by atoms with Crippen molar-refractivity contribution in [2.45, 2.75) is 25.8 Å². The van der Waals surface area contributed by atoms with E-state index in [9.17, 15) is 4.79 Å². The van der Waals surface area contributed by atoms with E-state index in [1.165, 1.54) is 6.33 Å². The third-order valence-electron chi connectivity index (χ3n) is 2.83. The van der Waals surface area contributed by atoms with Crippen LogP contribution in [0.2, 0.25) is 0 Å². The molecule has 3 rings (SSSR count). The van der Waals surface area contributed by atoms with Crippen molar-refractivity contribution in [3.63, 3.8) is 0 Å². The Morgan fingerprint density at radius 1 is 1.59 bits per heavy atom. The summed E-state index contributed by atoms with van der Waals surface area (Å²) in [6.45, 7) is 1.90. The van der Waals surface area contributed by atoms with Gasteiger partial charge in [-0.1, -0.05) is 0 Å². The van der Waals surface area contributed by atoms with Crippen LogP contribution in [-0.4, -0.2) is 31.5 Å². The largest absolute Gasteiger partial charge is 0.476 e. The highest BCUT2D eigenvalue weighted by atomic mass is 16.4. The van der Waals surface area contributed by atoms with E-state index in [1.807, 2.05) is 13.0 Å². The first kappa shape index (κ1) is 10.1. The molecule has 1 fully saturated rings. The normalized spacial score (nSPS) is 15.1. The molecular formula is C11H12N4O2. The van der Waals surface area contributed by atoms with Crippen molar-refractivity contribution in [2.24, 2.45) is 0 Å². The van der Waals surface area contributed by atoms with Gasteiger partial charge in [-0.3, -0.25) is 4.40 Å². The molecule has 17 heavy (non-hydrogen) atoms. The SMILES string of the molecule is Cc1cc(NC2CC2)nc2c(C(=O)O)ncn12. The molecule has 2 heterocycles. The first-order valence-corrected chi connectivity index (χ1v) is 5.49. The third-order valence-corrected chi connectivity index (χ3v) is 2.83. The van der Waals surface area contributed by atoms with Crippen LogP contribution in [0.1, 0.15) is 29.0 Å². The molecule has 0 bridgehead atoms. The molecule has 0 spiro atoms. The maximum Gasteiger partial charge on any atom is 0.358 e. The van der Waals surface area contributed by atoms with E-state index in [0.717, 1.165) is 24.4 Å². The van der Waals surface area contributed by atoms with E-state index >= 15 is 0 Å². The van der Waals surface area contributed by atoms with Crippen LogP contribution in [0.15, 0.2) is 12.4 Å². The van der Waals surface area contributed by atoms with E-state index < -0.39 is 5.97 Å². The first-order valence-electron chi connectivity index (χ1n) is 5.49. The van der Waals surface area contributed by atoms with Gasteiger partial charge < -0.3 is 10.4 Å². The maximum atomic E-state index is 11.0. The van der Waals surface area contributed by atoms with Gasteiger partial charge in [0.25, 0.3) is 0 Å². The molecule has 2 aromatic rings. The number of anilines is 1. The van der Waals surface area contributed by atoms with Crippen LogP contribution in [-0.2, 0) is 0 Å². The number of hydrogen-bond acceptors (Lipinski definition) is 4. The second kappa shape index (κ2) is 3.44. The molecule has 0 unspecified atom stereocenters. The minimum atomic E-state index is -1.05. The molecule has 88 valence electrons. The zero-order valence-corrected chi connectivity index (χ0v) is 9.34. The van der Waals surface area contributed by atoms with Crippen LogP contribution in [0.3, 0.4) is 0 Å². The zero-order valence-electron chi connectivity index (χ0n) is 9.34. The quantitative estimate of drug-likeness (QED) is 0.834. The van der Waals surface area contributed by atoms with Gasteiger partial charge in [0.05, 0.1) is 0 Å². The number of nitrogens with zero attached hydrogens (tertiary/aromatic N) is 3. The Kier molecular flexibility index (Phi) is 2.04. The van der Waals surface area contributed by atoms with Crippen molar-refractivity contribution in [2.75, 3.05) is 5.32 Å². The maximum absolute atomic E-state index is 11.0. The average molecular weight is 232 g/mol. The molecule has 2 aromatic heterocycles. The number of aromatic carboxylic acids is 1. The summed E-state index contributed by atoms with van der Waals surface area (Å²) in [5, 5.41) is 12.3. The predicted octanol–water partition coefficient (Wildman–Crippen LogP) is 1.31. The molecule has 1 aliphatic rings. The van der Waals surface area contributed by atoms with Crippen molar-refractivity contribution < 1.29 is 9.90 Å². The molecule has 1 aliphatic carbocycles. The first-order chi connectivity index (χ1) is 8.15. The second-order valence-corrected chi connectivity index (χ2v) is 4.29. The van der Waals surface area contributed by atoms with Crippen LogP contribution in [0.5, 0.6) is 0 Å². The lowest BCUT2D eigenvalue weighted by Crippen LogP contribution is -2.07. The summed E-state index contributed by atoms with van der Waals surface area (Å²) in [4.78, 5) is 19.2. The van der Waals surface area contributed by atoms with Gasteiger partial charge in [0.15, 0.2) is 11.3 Å². The molecule has 0 atom stereocenters. The number of aryl methyl sites for hydroxylation is 1. The number of hydrogen-bond donors (Lipinski definition) is 2. The Morgan fingerprint density at radius 3 is 3.00 bits per heavy atom. The van der Waals surface area contributed by atoms with E-state index in [1.54, 1.807) is 4.40 Å². The Balaban J connectivity index is 2.13. The van der Waals surface area contributed by atoms with Gasteiger partial charge in [-0.25, -0.2) is 14.8 Å². The van der Waals surface area contributed by atoms with E-state index in [0.29, 0.717) is 11.7 Å². The summed E-state index contributed by atoms with van der Waals surface area (Å²) in [6, 6.07) is 2.39. The number of carboxylic acids is 1. The van der Waals surface area contributed by atoms with Crippen LogP contribution < -0.4 is 5.32 Å². The number of fused-ring (bicyclic) bond motifs is 1. The number of nitrogens with one attached hydrogen (secondary N) is 1. The lowest BCUT2D eigenvalue weighted by molar-refractivity contribution is 0.0693. The number of carboxylic acid groups (broad SMARTS) is 1. The van der Waals surface area contributed by atoms with E-state index in [2.05, 4.69) is 15.3 Å². The third kappa shape index (κ3) is 1.71. The summed E-state index contributed by atoms with van der Waals surface area (Å²) >= 11 is 0. The smallest absolute Gasteiger partial charge is 0.358 e. The van der Waals surface area contributed by atoms with Crippen LogP contribution in [0.4, 0.5) is 5.82 Å². The highest BCUT2D eigenvalue weighted by molar-refractivity contribution is 5.92. The standard InChI is InChI=1S/C11H12N4O2/c1-6-4-8(13-7-2-3-7)14-10-9(11(16)17)12-5-15(6)10/h4-5,7H,2-3H2,1H3,(H,13,14)(H,16,17). The Bertz CT molecular complexity index is 601. The predicted molar refractivity (Wildman–Crippen MR) is 61.3 cm³/mol. The van der Waals surface area contributed by atoms with Crippen molar-refractivity contribution in [3.05, 3.63) is 23.8 Å². The lowest BCUT2D eigenvalue weighted by Gasteiger charge is -2.06. The molecular weight excluding hydrogens is 220 g/mol. The van der Waals surface area contributed by atoms with Crippen LogP contribution in [0.25, 0.3) is 5.65 Å². The Morgan fingerprint density at radius 2 is 2.35 bits per heavy atom. The van der Waals surface area contributed by atoms with Gasteiger partial charge >= 0.3 is 5.97 Å². The molecule has 0 radical (unpaired) electrons. The molecule has 2 N–H and O–H groups in total. The molecule has 0 aromatic carbocycles. The van der Waals surface area contributed by atoms with Crippen LogP contribution in [0, 0.1) is 6.92 Å². The van der Waals surface area contributed by atoms with E-state index in [4.69, 9.17) is 5.11 Å². The molecule has 0 amide bonds. The van der Waals surface area contributed by atoms with Crippen molar-refractivity contribution in [1.29, 1.82) is 0 Å². The summed E-state index contributed by atoms with van der Waals surface area (Å²) in [5.74, 6) is -0.330. The molecule has 1 saturated carbocycles. The number of rotatable bonds is 3. The van der Waals surface area contributed by atoms with Gasteiger partial charge in [0.2, 0.25) is 0 Å². The monoisotopic (exact) mass is 232 g/mol. The average Bonchev–Trinajstić information content (AvgIpc) is 2.95. The summed E-state index contributed by atoms with van der Waals surface area (Å²) in [6.07, 6.45) is 3.79. The number of imidazole rings is 1. The highest BCUT2D eigenvalue weighted by Crippen LogP contribution is 2.24. The minimum absolute atomic E-state index is 0.00690. The van der Waals surface area contributed by atoms with Gasteiger partial charge in [0.1, 0.15) is 12.1 Å². The van der Waals surface area contributed by atoms with Crippen molar-refractivity contribution >= 4 is 17.4 Å². The second-order valence-electron chi connectivity index (χ2n) is 4.29. The van der Waals surface area contributed by atoms with Crippen molar-refractivity contribution in [3.8, 4) is 0 Å². The minimum Gasteiger partial charge on any atom is -0.476 e. The van der Waals surface area contributed by atoms with Crippen molar-refractivity contribution in [1.82, 2.24) is 14.4 Å². The number of carbonyl (C=O) groups is 1. The van der Waals surface area contributed by atoms with Gasteiger partial charge in [0, 0.05) is 17.8 Å². The topological polar surface area (TPSA) is 79.5 Å². The van der Waals surface area contributed by atoms with Gasteiger partial charge in [-0.2, -0.15) is 0 Å². The molecule has 6 heteroatoms. The van der Waals surface area contributed by atoms with E-state index in [-0.39, 0.29) is 5.69 Å². The highest BCUT2D eigenvalue weighted by Gasteiger charge is 2.22.